The van der Waals surface area contributed by atoms with E-state index in [-0.39, 0.29) is 11.8 Å². The van der Waals surface area contributed by atoms with E-state index in [2.05, 4.69) is 33.2 Å². The smallest absolute Gasteiger partial charge is 0.257 e. The molecule has 3 aromatic rings. The van der Waals surface area contributed by atoms with Crippen molar-refractivity contribution >= 4 is 45.2 Å². The molecule has 0 atom stereocenters. The molecule has 0 radical (unpaired) electrons. The molecular formula is C26H25BrN4O2. The van der Waals surface area contributed by atoms with Gasteiger partial charge in [0, 0.05) is 60.5 Å². The molecule has 7 heteroatoms. The average Bonchev–Trinajstić information content (AvgIpc) is 3.33. The number of hydrogen-bond acceptors (Lipinski definition) is 3. The van der Waals surface area contributed by atoms with Crippen LogP contribution in [0, 0.1) is 6.92 Å². The number of rotatable bonds is 3. The normalized spacial score (nSPS) is 17.4. The minimum absolute atomic E-state index is 0.0459. The average molecular weight is 505 g/mol. The molecule has 0 bridgehead atoms. The van der Waals surface area contributed by atoms with Crippen LogP contribution in [0.1, 0.15) is 21.5 Å². The number of aromatic nitrogens is 1. The lowest BCUT2D eigenvalue weighted by Gasteiger charge is -2.32. The topological polar surface area (TPSA) is 57.6 Å². The van der Waals surface area contributed by atoms with Gasteiger partial charge in [0.25, 0.3) is 11.8 Å². The first-order chi connectivity index (χ1) is 15.9. The highest BCUT2D eigenvalue weighted by atomic mass is 79.9. The van der Waals surface area contributed by atoms with Gasteiger partial charge in [-0.1, -0.05) is 40.2 Å². The second kappa shape index (κ2) is 8.65. The van der Waals surface area contributed by atoms with E-state index in [1.165, 1.54) is 0 Å². The van der Waals surface area contributed by atoms with Gasteiger partial charge in [-0.25, -0.2) is 0 Å². The van der Waals surface area contributed by atoms with Crippen molar-refractivity contribution in [2.45, 2.75) is 6.92 Å². The fourth-order valence-corrected chi connectivity index (χ4v) is 4.72. The van der Waals surface area contributed by atoms with Gasteiger partial charge in [0.15, 0.2) is 0 Å². The lowest BCUT2D eigenvalue weighted by Crippen LogP contribution is -2.47. The number of piperazine rings is 1. The zero-order chi connectivity index (χ0) is 23.1. The monoisotopic (exact) mass is 504 g/mol. The molecule has 1 N–H and O–H groups in total. The Morgan fingerprint density at radius 3 is 2.48 bits per heavy atom. The van der Waals surface area contributed by atoms with E-state index in [1.807, 2.05) is 77.4 Å². The molecule has 2 aliphatic heterocycles. The highest BCUT2D eigenvalue weighted by Gasteiger charge is 2.28. The number of carbonyl (C=O) groups excluding carboxylic acids is 2. The summed E-state index contributed by atoms with van der Waals surface area (Å²) in [6.07, 6.45) is 5.55. The van der Waals surface area contributed by atoms with Crippen LogP contribution in [0.5, 0.6) is 0 Å². The van der Waals surface area contributed by atoms with E-state index in [0.29, 0.717) is 11.1 Å². The maximum atomic E-state index is 13.1. The number of amides is 2. The predicted octanol–water partition coefficient (Wildman–Crippen LogP) is 4.56. The number of aryl methyl sites for hydroxylation is 1. The first kappa shape index (κ1) is 21.7. The highest BCUT2D eigenvalue weighted by molar-refractivity contribution is 9.10. The van der Waals surface area contributed by atoms with Crippen LogP contribution in [0.2, 0.25) is 0 Å². The lowest BCUT2D eigenvalue weighted by molar-refractivity contribution is -0.110. The Bertz CT molecular complexity index is 1270. The molecule has 5 rings (SSSR count). The third-order valence-electron chi connectivity index (χ3n) is 6.33. The summed E-state index contributed by atoms with van der Waals surface area (Å²) in [5, 5.41) is 2.98. The van der Waals surface area contributed by atoms with Crippen molar-refractivity contribution < 1.29 is 9.59 Å². The quantitative estimate of drug-likeness (QED) is 0.531. The van der Waals surface area contributed by atoms with Gasteiger partial charge in [-0.05, 0) is 48.9 Å². The number of likely N-dealkylation sites (N-methyl/N-ethyl adjacent to an activating group) is 1. The number of carbonyl (C=O) groups is 2. The fraction of sp³-hybridized carbons (Fsp3) is 0.231. The number of nitrogens with one attached hydrogen (secondary N) is 1. The van der Waals surface area contributed by atoms with Gasteiger partial charge in [0.1, 0.15) is 0 Å². The van der Waals surface area contributed by atoms with Gasteiger partial charge >= 0.3 is 0 Å². The van der Waals surface area contributed by atoms with E-state index in [0.717, 1.165) is 58.6 Å². The van der Waals surface area contributed by atoms with E-state index in [1.54, 1.807) is 0 Å². The first-order valence-corrected chi connectivity index (χ1v) is 11.8. The largest absolute Gasteiger partial charge is 0.336 e. The minimum atomic E-state index is -0.146. The van der Waals surface area contributed by atoms with E-state index >= 15 is 0 Å². The van der Waals surface area contributed by atoms with Gasteiger partial charge in [-0.2, -0.15) is 0 Å². The lowest BCUT2D eigenvalue weighted by atomic mass is 9.95. The fourth-order valence-electron chi connectivity index (χ4n) is 4.45. The summed E-state index contributed by atoms with van der Waals surface area (Å²) in [6.45, 7) is 5.16. The van der Waals surface area contributed by atoms with E-state index < -0.39 is 0 Å². The maximum absolute atomic E-state index is 13.1. The Morgan fingerprint density at radius 1 is 1.03 bits per heavy atom. The van der Waals surface area contributed by atoms with Crippen molar-refractivity contribution in [1.29, 1.82) is 0 Å². The Labute approximate surface area is 201 Å². The summed E-state index contributed by atoms with van der Waals surface area (Å²) >= 11 is 3.48. The third kappa shape index (κ3) is 4.14. The Kier molecular flexibility index (Phi) is 5.68. The maximum Gasteiger partial charge on any atom is 0.257 e. The molecule has 2 aromatic carbocycles. The SMILES string of the molecule is Cc1cn(C=C2C(=O)Nc3cccc(-c4ccc(Br)cc4)c32)cc1C(=O)N1CCN(C)CC1. The number of benzene rings is 2. The van der Waals surface area contributed by atoms with Gasteiger partial charge in [-0.3, -0.25) is 9.59 Å². The molecule has 3 heterocycles. The van der Waals surface area contributed by atoms with Crippen molar-refractivity contribution in [2.24, 2.45) is 0 Å². The van der Waals surface area contributed by atoms with Crippen molar-refractivity contribution in [3.8, 4) is 11.1 Å². The molecule has 0 spiro atoms. The number of halogens is 1. The molecule has 1 saturated heterocycles. The summed E-state index contributed by atoms with van der Waals surface area (Å²) in [5.74, 6) is -0.0996. The van der Waals surface area contributed by atoms with Gasteiger partial charge in [0.2, 0.25) is 0 Å². The van der Waals surface area contributed by atoms with Crippen molar-refractivity contribution in [3.05, 3.63) is 76.0 Å². The van der Waals surface area contributed by atoms with Crippen LogP contribution >= 0.6 is 15.9 Å². The molecule has 0 saturated carbocycles. The number of hydrogen-bond donors (Lipinski definition) is 1. The zero-order valence-corrected chi connectivity index (χ0v) is 20.2. The molecule has 33 heavy (non-hydrogen) atoms. The van der Waals surface area contributed by atoms with Crippen LogP contribution < -0.4 is 5.32 Å². The summed E-state index contributed by atoms with van der Waals surface area (Å²) in [7, 11) is 2.07. The highest BCUT2D eigenvalue weighted by Crippen LogP contribution is 2.40. The number of nitrogens with zero attached hydrogens (tertiary/aromatic N) is 3. The molecule has 0 aliphatic carbocycles. The number of anilines is 1. The Morgan fingerprint density at radius 2 is 1.76 bits per heavy atom. The van der Waals surface area contributed by atoms with E-state index in [4.69, 9.17) is 0 Å². The second-order valence-corrected chi connectivity index (χ2v) is 9.55. The van der Waals surface area contributed by atoms with Crippen LogP contribution in [-0.2, 0) is 4.79 Å². The van der Waals surface area contributed by atoms with Crippen LogP contribution in [0.15, 0.2) is 59.3 Å². The molecule has 6 nitrogen and oxygen atoms in total. The third-order valence-corrected chi connectivity index (χ3v) is 6.86. The van der Waals surface area contributed by atoms with Gasteiger partial charge in [0.05, 0.1) is 11.1 Å². The number of fused-ring (bicyclic) bond motifs is 1. The molecule has 2 amide bonds. The van der Waals surface area contributed by atoms with Crippen molar-refractivity contribution in [3.63, 3.8) is 0 Å². The predicted molar refractivity (Wildman–Crippen MR) is 135 cm³/mol. The zero-order valence-electron chi connectivity index (χ0n) is 18.6. The molecule has 1 fully saturated rings. The molecule has 1 aromatic heterocycles. The summed E-state index contributed by atoms with van der Waals surface area (Å²) in [6, 6.07) is 14.0. The molecule has 168 valence electrons. The Balaban J connectivity index is 1.51. The molecule has 2 aliphatic rings. The van der Waals surface area contributed by atoms with Crippen LogP contribution in [0.25, 0.3) is 22.9 Å². The van der Waals surface area contributed by atoms with Crippen molar-refractivity contribution in [2.75, 3.05) is 38.5 Å². The van der Waals surface area contributed by atoms with E-state index in [9.17, 15) is 9.59 Å². The molecular weight excluding hydrogens is 480 g/mol. The molecule has 0 unspecified atom stereocenters. The Hall–Kier alpha value is -3.16. The summed E-state index contributed by atoms with van der Waals surface area (Å²) in [4.78, 5) is 30.1. The second-order valence-electron chi connectivity index (χ2n) is 8.63. The van der Waals surface area contributed by atoms with Gasteiger partial charge in [-0.15, -0.1) is 0 Å². The summed E-state index contributed by atoms with van der Waals surface area (Å²) < 4.78 is 2.84. The summed E-state index contributed by atoms with van der Waals surface area (Å²) in [5.41, 5.74) is 5.85. The standard InChI is InChI=1S/C26H25BrN4O2/c1-17-14-30(15-21(17)26(33)31-12-10-29(2)11-13-31)16-22-24-20(18-6-8-19(27)9-7-18)4-3-5-23(24)28-25(22)32/h3-9,14-16H,10-13H2,1-2H3,(H,28,32). The van der Waals surface area contributed by atoms with Crippen molar-refractivity contribution in [1.82, 2.24) is 14.4 Å². The van der Waals surface area contributed by atoms with Crippen LogP contribution in [-0.4, -0.2) is 59.4 Å². The van der Waals surface area contributed by atoms with Gasteiger partial charge < -0.3 is 19.7 Å². The first-order valence-electron chi connectivity index (χ1n) is 11.0. The van der Waals surface area contributed by atoms with Crippen LogP contribution in [0.3, 0.4) is 0 Å². The van der Waals surface area contributed by atoms with Crippen LogP contribution in [0.4, 0.5) is 5.69 Å². The minimum Gasteiger partial charge on any atom is -0.336 e.